The second kappa shape index (κ2) is 7.29. The van der Waals surface area contributed by atoms with E-state index in [1.54, 1.807) is 0 Å². The number of hydrogen-bond donors (Lipinski definition) is 2. The highest BCUT2D eigenvalue weighted by Gasteiger charge is 2.15. The number of carbonyl (C=O) groups is 1. The second-order valence-electron chi connectivity index (χ2n) is 4.26. The highest BCUT2D eigenvalue weighted by atomic mass is 16.6. The van der Waals surface area contributed by atoms with Gasteiger partial charge in [0.2, 0.25) is 0 Å². The van der Waals surface area contributed by atoms with E-state index in [2.05, 4.69) is 17.2 Å². The van der Waals surface area contributed by atoms with Crippen molar-refractivity contribution in [2.75, 3.05) is 19.6 Å². The van der Waals surface area contributed by atoms with Crippen LogP contribution in [0, 0.1) is 0 Å². The largest absolute Gasteiger partial charge is 0.444 e. The topological polar surface area (TPSA) is 50.4 Å². The summed E-state index contributed by atoms with van der Waals surface area (Å²) < 4.78 is 5.07. The van der Waals surface area contributed by atoms with E-state index in [1.807, 2.05) is 26.8 Å². The molecule has 0 heterocycles. The minimum Gasteiger partial charge on any atom is -0.444 e. The van der Waals surface area contributed by atoms with Gasteiger partial charge in [-0.15, -0.1) is 6.58 Å². The van der Waals surface area contributed by atoms with Crippen molar-refractivity contribution in [3.63, 3.8) is 0 Å². The van der Waals surface area contributed by atoms with Crippen molar-refractivity contribution >= 4 is 6.09 Å². The molecule has 88 valence electrons. The molecule has 0 aromatic carbocycles. The van der Waals surface area contributed by atoms with Gasteiger partial charge in [0, 0.05) is 13.1 Å². The first-order chi connectivity index (χ1) is 6.95. The van der Waals surface area contributed by atoms with Crippen LogP contribution in [0.1, 0.15) is 27.2 Å². The molecular formula is C11H22N2O2. The van der Waals surface area contributed by atoms with Gasteiger partial charge in [-0.3, -0.25) is 0 Å². The summed E-state index contributed by atoms with van der Waals surface area (Å²) in [6, 6.07) is 0. The lowest BCUT2D eigenvalue weighted by Gasteiger charge is -2.19. The average molecular weight is 214 g/mol. The zero-order valence-corrected chi connectivity index (χ0v) is 9.93. The van der Waals surface area contributed by atoms with Crippen molar-refractivity contribution in [1.82, 2.24) is 10.6 Å². The molecule has 0 saturated heterocycles. The lowest BCUT2D eigenvalue weighted by molar-refractivity contribution is 0.0528. The van der Waals surface area contributed by atoms with Crippen LogP contribution in [-0.4, -0.2) is 31.3 Å². The Hall–Kier alpha value is -1.03. The van der Waals surface area contributed by atoms with Gasteiger partial charge in [0.1, 0.15) is 5.60 Å². The number of amides is 1. The molecule has 0 atom stereocenters. The Bertz CT molecular complexity index is 197. The summed E-state index contributed by atoms with van der Waals surface area (Å²) in [5, 5.41) is 5.83. The van der Waals surface area contributed by atoms with Crippen molar-refractivity contribution < 1.29 is 9.53 Å². The fourth-order valence-electron chi connectivity index (χ4n) is 0.896. The fraction of sp³-hybridized carbons (Fsp3) is 0.727. The molecule has 2 N–H and O–H groups in total. The molecule has 0 bridgehead atoms. The number of alkyl carbamates (subject to hydrolysis) is 1. The third-order valence-corrected chi connectivity index (χ3v) is 1.50. The third-order valence-electron chi connectivity index (χ3n) is 1.50. The lowest BCUT2D eigenvalue weighted by atomic mass is 10.2. The van der Waals surface area contributed by atoms with Crippen molar-refractivity contribution in [3.8, 4) is 0 Å². The first-order valence-corrected chi connectivity index (χ1v) is 5.24. The van der Waals surface area contributed by atoms with E-state index in [1.165, 1.54) is 0 Å². The standard InChI is InChI=1S/C11H22N2O2/c1-5-6-7-12-8-9-13-10(14)15-11(2,3)4/h5,12H,1,6-9H2,2-4H3,(H,13,14). The van der Waals surface area contributed by atoms with Gasteiger partial charge in [-0.05, 0) is 33.7 Å². The van der Waals surface area contributed by atoms with Crippen LogP contribution in [0.15, 0.2) is 12.7 Å². The summed E-state index contributed by atoms with van der Waals surface area (Å²) >= 11 is 0. The van der Waals surface area contributed by atoms with Crippen molar-refractivity contribution in [3.05, 3.63) is 12.7 Å². The maximum absolute atomic E-state index is 11.2. The Balaban J connectivity index is 3.36. The van der Waals surface area contributed by atoms with E-state index < -0.39 is 5.60 Å². The van der Waals surface area contributed by atoms with Gasteiger partial charge in [0.05, 0.1) is 0 Å². The van der Waals surface area contributed by atoms with Crippen LogP contribution >= 0.6 is 0 Å². The van der Waals surface area contributed by atoms with Gasteiger partial charge in [0.25, 0.3) is 0 Å². The predicted octanol–water partition coefficient (Wildman–Crippen LogP) is 1.68. The number of ether oxygens (including phenoxy) is 1. The molecule has 0 aliphatic heterocycles. The van der Waals surface area contributed by atoms with Crippen LogP contribution in [0.25, 0.3) is 0 Å². The Morgan fingerprint density at radius 1 is 1.33 bits per heavy atom. The molecule has 0 spiro atoms. The van der Waals surface area contributed by atoms with Crippen LogP contribution in [0.5, 0.6) is 0 Å². The van der Waals surface area contributed by atoms with E-state index in [4.69, 9.17) is 4.74 Å². The molecule has 0 aromatic rings. The van der Waals surface area contributed by atoms with E-state index >= 15 is 0 Å². The monoisotopic (exact) mass is 214 g/mol. The first kappa shape index (κ1) is 14.0. The van der Waals surface area contributed by atoms with Crippen LogP contribution in [-0.2, 0) is 4.74 Å². The van der Waals surface area contributed by atoms with Gasteiger partial charge < -0.3 is 15.4 Å². The van der Waals surface area contributed by atoms with Gasteiger partial charge in [-0.1, -0.05) is 6.08 Å². The summed E-state index contributed by atoms with van der Waals surface area (Å²) in [6.07, 6.45) is 2.42. The Morgan fingerprint density at radius 3 is 2.53 bits per heavy atom. The van der Waals surface area contributed by atoms with E-state index in [-0.39, 0.29) is 6.09 Å². The van der Waals surface area contributed by atoms with E-state index in [0.29, 0.717) is 6.54 Å². The second-order valence-corrected chi connectivity index (χ2v) is 4.26. The molecule has 0 saturated carbocycles. The lowest BCUT2D eigenvalue weighted by Crippen LogP contribution is -2.36. The van der Waals surface area contributed by atoms with Crippen molar-refractivity contribution in [2.45, 2.75) is 32.8 Å². The zero-order chi connectivity index (χ0) is 11.7. The highest BCUT2D eigenvalue weighted by molar-refractivity contribution is 5.67. The van der Waals surface area contributed by atoms with Crippen LogP contribution in [0.2, 0.25) is 0 Å². The Morgan fingerprint density at radius 2 is 2.00 bits per heavy atom. The quantitative estimate of drug-likeness (QED) is 0.522. The number of nitrogens with one attached hydrogen (secondary N) is 2. The molecule has 0 fully saturated rings. The average Bonchev–Trinajstić information content (AvgIpc) is 2.08. The van der Waals surface area contributed by atoms with Gasteiger partial charge in [-0.25, -0.2) is 4.79 Å². The molecule has 0 aromatic heterocycles. The number of hydrogen-bond acceptors (Lipinski definition) is 3. The Kier molecular flexibility index (Phi) is 6.79. The zero-order valence-electron chi connectivity index (χ0n) is 9.93. The summed E-state index contributed by atoms with van der Waals surface area (Å²) in [5.41, 5.74) is -0.430. The molecule has 15 heavy (non-hydrogen) atoms. The van der Waals surface area contributed by atoms with Crippen LogP contribution in [0.4, 0.5) is 4.79 Å². The fourth-order valence-corrected chi connectivity index (χ4v) is 0.896. The van der Waals surface area contributed by atoms with E-state index in [0.717, 1.165) is 19.5 Å². The third kappa shape index (κ3) is 10.9. The smallest absolute Gasteiger partial charge is 0.407 e. The normalized spacial score (nSPS) is 10.9. The number of rotatable bonds is 6. The maximum Gasteiger partial charge on any atom is 0.407 e. The van der Waals surface area contributed by atoms with Gasteiger partial charge in [-0.2, -0.15) is 0 Å². The van der Waals surface area contributed by atoms with Crippen LogP contribution in [0.3, 0.4) is 0 Å². The summed E-state index contributed by atoms with van der Waals surface area (Å²) in [5.74, 6) is 0. The molecule has 0 aliphatic rings. The summed E-state index contributed by atoms with van der Waals surface area (Å²) in [4.78, 5) is 11.2. The molecular weight excluding hydrogens is 192 g/mol. The SMILES string of the molecule is C=CCCNCCNC(=O)OC(C)(C)C. The number of carbonyl (C=O) groups excluding carboxylic acids is 1. The minimum absolute atomic E-state index is 0.368. The molecule has 4 nitrogen and oxygen atoms in total. The van der Waals surface area contributed by atoms with Gasteiger partial charge >= 0.3 is 6.09 Å². The first-order valence-electron chi connectivity index (χ1n) is 5.24. The Labute approximate surface area is 92.1 Å². The van der Waals surface area contributed by atoms with Crippen molar-refractivity contribution in [1.29, 1.82) is 0 Å². The van der Waals surface area contributed by atoms with E-state index in [9.17, 15) is 4.79 Å². The summed E-state index contributed by atoms with van der Waals surface area (Å²) in [7, 11) is 0. The van der Waals surface area contributed by atoms with Crippen LogP contribution < -0.4 is 10.6 Å². The minimum atomic E-state index is -0.430. The molecule has 0 rings (SSSR count). The molecule has 0 radical (unpaired) electrons. The van der Waals surface area contributed by atoms with Gasteiger partial charge in [0.15, 0.2) is 0 Å². The maximum atomic E-state index is 11.2. The molecule has 4 heteroatoms. The molecule has 1 amide bonds. The summed E-state index contributed by atoms with van der Waals surface area (Å²) in [6.45, 7) is 11.4. The van der Waals surface area contributed by atoms with Crippen molar-refractivity contribution in [2.24, 2.45) is 0 Å². The predicted molar refractivity (Wildman–Crippen MR) is 61.9 cm³/mol. The molecule has 0 unspecified atom stereocenters. The molecule has 0 aliphatic carbocycles. The highest BCUT2D eigenvalue weighted by Crippen LogP contribution is 2.05.